The van der Waals surface area contributed by atoms with E-state index in [2.05, 4.69) is 335 Å². The fourth-order valence-electron chi connectivity index (χ4n) is 24.7. The van der Waals surface area contributed by atoms with Gasteiger partial charge in [0.15, 0.2) is 0 Å². The molecule has 0 radical (unpaired) electrons. The van der Waals surface area contributed by atoms with E-state index in [-0.39, 0.29) is 27.1 Å². The number of anilines is 3. The fraction of sp³-hybridized carbons (Fsp3) is 0.322. The van der Waals surface area contributed by atoms with Crippen LogP contribution in [0.15, 0.2) is 270 Å². The SMILES string of the molecule is CCCCCCCC1(CCCCCCC)c2ccccc2-c2ccc(-c3ccc4c(c3)C(C)(C)c3cc(-c5ccc(-c6cc7c(c8c6oc6ccccc68)-c6ccc(N(c8ccc9c(c8)C(C)(C)c8c%10c(c%11oc%12ccccc%12c%11c8-9)-c8ccccc8C%10(C)C)c8cccc9ccccc89)cc6C7(CCCCCCC)CCCCCCC)cc5)ccc3-4)cc21. The first kappa shape index (κ1) is 79.9. The molecule has 0 atom stereocenters. The number of furan rings is 2. The summed E-state index contributed by atoms with van der Waals surface area (Å²) in [6, 6.07) is 102. The Hall–Kier alpha value is -11.3. The summed E-state index contributed by atoms with van der Waals surface area (Å²) >= 11 is 0. The highest BCUT2D eigenvalue weighted by atomic mass is 16.3. The van der Waals surface area contributed by atoms with Crippen molar-refractivity contribution in [3.05, 3.63) is 316 Å². The zero-order valence-corrected chi connectivity index (χ0v) is 75.1. The van der Waals surface area contributed by atoms with Gasteiger partial charge in [-0.3, -0.25) is 0 Å². The average molecular weight is 1620 g/mol. The van der Waals surface area contributed by atoms with E-state index >= 15 is 0 Å². The molecule has 3 nitrogen and oxygen atoms in total. The topological polar surface area (TPSA) is 29.5 Å². The van der Waals surface area contributed by atoms with Crippen LogP contribution in [-0.2, 0) is 27.1 Å². The standard InChI is InChI=1S/C121H121NO2/c1-11-15-19-23-37-68-120(69-38-24-20-16-12-2)98-50-34-29-45-87(98)90-65-60-83(74-102(90)120)82-59-64-89-88-63-58-81(72-99(88)117(5,6)100(89)73-82)78-54-56-80(57-55-78)96-77-104-108(110-94-47-31-35-52-106(94)123-115(96)110)93-67-62-85(76-103(93)121(104,70-39-25-21-17-13-3)71-40-26-22-18-14-4)122(105-51-41-43-79-42-27-28-44-86(79)105)84-61-66-92-101(75-84)119(9,10)113-109(92)111-95-48-32-36-53-107(95)124-116(111)112-91-46-30-33-49-97(91)118(7,8)114(112)113/h27-36,41-67,72-77H,11-26,37-40,68-71H2,1-10H3. The Balaban J connectivity index is 0.671. The van der Waals surface area contributed by atoms with E-state index in [1.54, 1.807) is 11.1 Å². The lowest BCUT2D eigenvalue weighted by molar-refractivity contribution is 0.399. The predicted octanol–water partition coefficient (Wildman–Crippen LogP) is 36.0. The van der Waals surface area contributed by atoms with E-state index in [9.17, 15) is 0 Å². The molecule has 21 rings (SSSR count). The Bertz CT molecular complexity index is 6820. The Morgan fingerprint density at radius 1 is 0.250 bits per heavy atom. The Morgan fingerprint density at radius 3 is 1.23 bits per heavy atom. The molecule has 0 N–H and O–H groups in total. The molecule has 16 aromatic rings. The molecule has 14 aromatic carbocycles. The van der Waals surface area contributed by atoms with Crippen LogP contribution in [0.3, 0.4) is 0 Å². The second-order valence-corrected chi connectivity index (χ2v) is 39.4. The number of hydrogen-bond acceptors (Lipinski definition) is 3. The molecule has 622 valence electrons. The van der Waals surface area contributed by atoms with E-state index in [0.717, 1.165) is 53.7 Å². The maximum absolute atomic E-state index is 7.42. The van der Waals surface area contributed by atoms with Crippen molar-refractivity contribution < 1.29 is 8.83 Å². The number of hydrogen-bond donors (Lipinski definition) is 0. The summed E-state index contributed by atoms with van der Waals surface area (Å²) in [6.07, 6.45) is 29.8. The number of rotatable bonds is 30. The van der Waals surface area contributed by atoms with Crippen LogP contribution in [0.2, 0.25) is 0 Å². The van der Waals surface area contributed by atoms with Gasteiger partial charge in [-0.1, -0.05) is 392 Å². The maximum atomic E-state index is 7.42. The molecule has 0 bridgehead atoms. The van der Waals surface area contributed by atoms with Gasteiger partial charge in [0.05, 0.1) is 5.69 Å². The van der Waals surface area contributed by atoms with Crippen LogP contribution < -0.4 is 4.90 Å². The van der Waals surface area contributed by atoms with Crippen molar-refractivity contribution >= 4 is 71.7 Å². The molecule has 0 spiro atoms. The second-order valence-electron chi connectivity index (χ2n) is 39.4. The van der Waals surface area contributed by atoms with Crippen molar-refractivity contribution in [1.82, 2.24) is 0 Å². The molecule has 0 amide bonds. The van der Waals surface area contributed by atoms with Crippen LogP contribution in [-0.4, -0.2) is 0 Å². The van der Waals surface area contributed by atoms with E-state index in [1.807, 2.05) is 0 Å². The van der Waals surface area contributed by atoms with Crippen LogP contribution in [0.1, 0.15) is 279 Å². The van der Waals surface area contributed by atoms with E-state index < -0.39 is 0 Å². The summed E-state index contributed by atoms with van der Waals surface area (Å²) in [4.78, 5) is 2.64. The van der Waals surface area contributed by atoms with E-state index in [4.69, 9.17) is 8.83 Å². The fourth-order valence-corrected chi connectivity index (χ4v) is 24.7. The summed E-state index contributed by atoms with van der Waals surface area (Å²) in [7, 11) is 0. The van der Waals surface area contributed by atoms with Crippen molar-refractivity contribution in [3.8, 4) is 89.0 Å². The summed E-state index contributed by atoms with van der Waals surface area (Å²) in [6.45, 7) is 24.2. The Morgan fingerprint density at radius 2 is 0.637 bits per heavy atom. The number of para-hydroxylation sites is 2. The van der Waals surface area contributed by atoms with Gasteiger partial charge < -0.3 is 13.7 Å². The average Bonchev–Trinajstić information content (AvgIpc) is 1.50. The molecule has 5 aliphatic carbocycles. The molecule has 0 aliphatic heterocycles. The maximum Gasteiger partial charge on any atom is 0.144 e. The highest BCUT2D eigenvalue weighted by Crippen LogP contribution is 2.66. The largest absolute Gasteiger partial charge is 0.455 e. The zero-order valence-electron chi connectivity index (χ0n) is 75.1. The van der Waals surface area contributed by atoms with Crippen molar-refractivity contribution in [2.24, 2.45) is 0 Å². The Kier molecular flexibility index (Phi) is 20.5. The predicted molar refractivity (Wildman–Crippen MR) is 528 cm³/mol. The van der Waals surface area contributed by atoms with Gasteiger partial charge in [0, 0.05) is 76.5 Å². The van der Waals surface area contributed by atoms with Crippen molar-refractivity contribution in [1.29, 1.82) is 0 Å². The lowest BCUT2D eigenvalue weighted by Gasteiger charge is -2.35. The molecule has 2 aromatic heterocycles. The van der Waals surface area contributed by atoms with Crippen molar-refractivity contribution in [2.75, 3.05) is 4.90 Å². The third-order valence-electron chi connectivity index (χ3n) is 31.0. The van der Waals surface area contributed by atoms with Gasteiger partial charge in [0.2, 0.25) is 0 Å². The first-order valence-electron chi connectivity index (χ1n) is 47.9. The number of unbranched alkanes of at least 4 members (excludes halogenated alkanes) is 16. The minimum atomic E-state index is -0.381. The summed E-state index contributed by atoms with van der Waals surface area (Å²) in [5.41, 5.74) is 41.6. The molecule has 0 saturated carbocycles. The third-order valence-corrected chi connectivity index (χ3v) is 31.0. The molecule has 124 heavy (non-hydrogen) atoms. The van der Waals surface area contributed by atoms with Crippen LogP contribution in [0.4, 0.5) is 17.1 Å². The number of fused-ring (bicyclic) bond motifs is 26. The number of benzene rings is 14. The van der Waals surface area contributed by atoms with Crippen molar-refractivity contribution in [2.45, 2.75) is 250 Å². The lowest BCUT2D eigenvalue weighted by atomic mass is 9.70. The molecule has 0 fully saturated rings. The van der Waals surface area contributed by atoms with E-state index in [1.165, 1.54) is 306 Å². The van der Waals surface area contributed by atoms with E-state index in [0.29, 0.717) is 0 Å². The third kappa shape index (κ3) is 12.6. The van der Waals surface area contributed by atoms with Gasteiger partial charge in [-0.25, -0.2) is 0 Å². The molecular weight excluding hydrogens is 1500 g/mol. The zero-order chi connectivity index (χ0) is 84.4. The normalized spacial score (nSPS) is 15.1. The number of nitrogens with zero attached hydrogens (tertiary/aromatic N) is 1. The van der Waals surface area contributed by atoms with Gasteiger partial charge in [-0.2, -0.15) is 0 Å². The van der Waals surface area contributed by atoms with Crippen LogP contribution >= 0.6 is 0 Å². The van der Waals surface area contributed by atoms with Gasteiger partial charge in [0.25, 0.3) is 0 Å². The highest BCUT2D eigenvalue weighted by Gasteiger charge is 2.51. The first-order valence-corrected chi connectivity index (χ1v) is 47.9. The monoisotopic (exact) mass is 1620 g/mol. The molecular formula is C121H121NO2. The minimum Gasteiger partial charge on any atom is -0.455 e. The molecule has 3 heteroatoms. The quantitative estimate of drug-likeness (QED) is 0.0420. The summed E-state index contributed by atoms with van der Waals surface area (Å²) in [5.74, 6) is 0. The Labute approximate surface area is 736 Å². The molecule has 2 heterocycles. The molecule has 5 aliphatic rings. The smallest absolute Gasteiger partial charge is 0.144 e. The minimum absolute atomic E-state index is 0.0384. The van der Waals surface area contributed by atoms with Crippen molar-refractivity contribution in [3.63, 3.8) is 0 Å². The second kappa shape index (κ2) is 31.8. The van der Waals surface area contributed by atoms with Crippen LogP contribution in [0, 0.1) is 0 Å². The lowest BCUT2D eigenvalue weighted by Crippen LogP contribution is -2.26. The molecule has 0 unspecified atom stereocenters. The van der Waals surface area contributed by atoms with Crippen LogP contribution in [0.5, 0.6) is 0 Å². The van der Waals surface area contributed by atoms with Gasteiger partial charge in [0.1, 0.15) is 22.3 Å². The summed E-state index contributed by atoms with van der Waals surface area (Å²) in [5, 5.41) is 7.28. The highest BCUT2D eigenvalue weighted by molar-refractivity contribution is 6.22. The first-order chi connectivity index (χ1) is 60.6. The molecule has 0 saturated heterocycles. The van der Waals surface area contributed by atoms with Crippen LogP contribution in [0.25, 0.3) is 144 Å². The summed E-state index contributed by atoms with van der Waals surface area (Å²) < 4.78 is 14.6. The van der Waals surface area contributed by atoms with Gasteiger partial charge >= 0.3 is 0 Å². The van der Waals surface area contributed by atoms with Gasteiger partial charge in [-0.15, -0.1) is 0 Å². The van der Waals surface area contributed by atoms with Gasteiger partial charge in [-0.05, 0) is 231 Å².